The Labute approximate surface area is 139 Å². The van der Waals surface area contributed by atoms with Gasteiger partial charge in [0.15, 0.2) is 11.5 Å². The van der Waals surface area contributed by atoms with Crippen LogP contribution in [0.2, 0.25) is 0 Å². The Hall–Kier alpha value is -0.830. The Bertz CT molecular complexity index is 650. The second-order valence-corrected chi connectivity index (χ2v) is 8.10. The molecular formula is C14H21BrN2O4S. The van der Waals surface area contributed by atoms with E-state index in [1.807, 2.05) is 6.92 Å². The summed E-state index contributed by atoms with van der Waals surface area (Å²) in [4.78, 5) is 0.174. The normalized spacial score (nSPS) is 23.3. The topological polar surface area (TPSA) is 81.9 Å². The smallest absolute Gasteiger partial charge is 0.244 e. The predicted octanol–water partition coefficient (Wildman–Crippen LogP) is 1.97. The van der Waals surface area contributed by atoms with Crippen molar-refractivity contribution in [2.75, 3.05) is 20.8 Å². The van der Waals surface area contributed by atoms with Gasteiger partial charge in [0.05, 0.1) is 14.2 Å². The molecule has 2 rings (SSSR count). The standard InChI is InChI=1S/C14H21BrN2O4S/c1-9-6-10(16)4-5-17(9)22(18,19)14-8-13(21-3)12(20-2)7-11(14)15/h7-10H,4-6,16H2,1-3H3/t9-,10-/m1/s1. The van der Waals surface area contributed by atoms with Crippen LogP contribution in [0.25, 0.3) is 0 Å². The van der Waals surface area contributed by atoms with Crippen molar-refractivity contribution in [3.63, 3.8) is 0 Å². The Morgan fingerprint density at radius 1 is 1.27 bits per heavy atom. The molecule has 22 heavy (non-hydrogen) atoms. The average Bonchev–Trinajstić information content (AvgIpc) is 2.46. The Morgan fingerprint density at radius 2 is 1.86 bits per heavy atom. The second kappa shape index (κ2) is 6.74. The van der Waals surface area contributed by atoms with Crippen LogP contribution in [0.5, 0.6) is 11.5 Å². The van der Waals surface area contributed by atoms with Crippen LogP contribution in [0.15, 0.2) is 21.5 Å². The van der Waals surface area contributed by atoms with Gasteiger partial charge in [-0.3, -0.25) is 0 Å². The maximum atomic E-state index is 13.0. The minimum atomic E-state index is -3.63. The second-order valence-electron chi connectivity index (χ2n) is 5.39. The summed E-state index contributed by atoms with van der Waals surface area (Å²) in [5, 5.41) is 0. The van der Waals surface area contributed by atoms with Gasteiger partial charge >= 0.3 is 0 Å². The molecule has 0 aliphatic carbocycles. The molecule has 2 N–H and O–H groups in total. The zero-order valence-electron chi connectivity index (χ0n) is 12.9. The minimum Gasteiger partial charge on any atom is -0.493 e. The number of hydrogen-bond donors (Lipinski definition) is 1. The maximum Gasteiger partial charge on any atom is 0.244 e. The third kappa shape index (κ3) is 3.24. The largest absolute Gasteiger partial charge is 0.493 e. The van der Waals surface area contributed by atoms with Gasteiger partial charge in [-0.15, -0.1) is 0 Å². The van der Waals surface area contributed by atoms with Crippen molar-refractivity contribution in [2.24, 2.45) is 5.73 Å². The molecule has 0 spiro atoms. The van der Waals surface area contributed by atoms with Crippen LogP contribution in [0.4, 0.5) is 0 Å². The molecule has 8 heteroatoms. The molecule has 1 aromatic carbocycles. The van der Waals surface area contributed by atoms with Crippen LogP contribution < -0.4 is 15.2 Å². The SMILES string of the molecule is COc1cc(Br)c(S(=O)(=O)N2CC[C@@H](N)C[C@H]2C)cc1OC. The van der Waals surface area contributed by atoms with Crippen LogP contribution in [-0.2, 0) is 10.0 Å². The molecule has 124 valence electrons. The number of ether oxygens (including phenoxy) is 2. The van der Waals surface area contributed by atoms with Gasteiger partial charge in [0.1, 0.15) is 4.90 Å². The molecule has 1 aromatic rings. The van der Waals surface area contributed by atoms with Crippen LogP contribution >= 0.6 is 15.9 Å². The molecule has 0 amide bonds. The van der Waals surface area contributed by atoms with Crippen molar-refractivity contribution >= 4 is 26.0 Å². The summed E-state index contributed by atoms with van der Waals surface area (Å²) in [5.41, 5.74) is 5.92. The predicted molar refractivity (Wildman–Crippen MR) is 87.8 cm³/mol. The highest BCUT2D eigenvalue weighted by Gasteiger charge is 2.35. The van der Waals surface area contributed by atoms with Crippen molar-refractivity contribution in [3.8, 4) is 11.5 Å². The van der Waals surface area contributed by atoms with Crippen molar-refractivity contribution in [3.05, 3.63) is 16.6 Å². The van der Waals surface area contributed by atoms with Gasteiger partial charge < -0.3 is 15.2 Å². The van der Waals surface area contributed by atoms with Gasteiger partial charge in [-0.05, 0) is 41.8 Å². The molecule has 1 aliphatic heterocycles. The van der Waals surface area contributed by atoms with E-state index in [2.05, 4.69) is 15.9 Å². The van der Waals surface area contributed by atoms with E-state index in [0.717, 1.165) is 0 Å². The molecule has 2 atom stereocenters. The average molecular weight is 393 g/mol. The fourth-order valence-corrected chi connectivity index (χ4v) is 5.36. The highest BCUT2D eigenvalue weighted by Crippen LogP contribution is 2.37. The summed E-state index contributed by atoms with van der Waals surface area (Å²) < 4.78 is 38.3. The summed E-state index contributed by atoms with van der Waals surface area (Å²) in [6.07, 6.45) is 1.32. The summed E-state index contributed by atoms with van der Waals surface area (Å²) in [5.74, 6) is 0.854. The van der Waals surface area contributed by atoms with E-state index in [9.17, 15) is 8.42 Å². The highest BCUT2D eigenvalue weighted by molar-refractivity contribution is 9.10. The fraction of sp³-hybridized carbons (Fsp3) is 0.571. The van der Waals surface area contributed by atoms with Crippen LogP contribution in [-0.4, -0.2) is 45.6 Å². The minimum absolute atomic E-state index is 0.0512. The first-order valence-corrected chi connectivity index (χ1v) is 9.23. The zero-order valence-corrected chi connectivity index (χ0v) is 15.3. The van der Waals surface area contributed by atoms with E-state index >= 15 is 0 Å². The van der Waals surface area contributed by atoms with Gasteiger partial charge in [0, 0.05) is 29.2 Å². The molecule has 1 aliphatic rings. The Balaban J connectivity index is 2.45. The van der Waals surface area contributed by atoms with Crippen LogP contribution in [0.3, 0.4) is 0 Å². The van der Waals surface area contributed by atoms with Crippen molar-refractivity contribution in [2.45, 2.75) is 36.7 Å². The monoisotopic (exact) mass is 392 g/mol. The number of hydrogen-bond acceptors (Lipinski definition) is 5. The van der Waals surface area contributed by atoms with Gasteiger partial charge in [-0.1, -0.05) is 0 Å². The number of piperidine rings is 1. The molecule has 1 fully saturated rings. The van der Waals surface area contributed by atoms with Crippen molar-refractivity contribution in [1.82, 2.24) is 4.31 Å². The van der Waals surface area contributed by atoms with E-state index in [1.54, 1.807) is 6.07 Å². The summed E-state index contributed by atoms with van der Waals surface area (Å²) in [7, 11) is -0.644. The number of nitrogens with two attached hydrogens (primary N) is 1. The molecule has 6 nitrogen and oxygen atoms in total. The lowest BCUT2D eigenvalue weighted by Crippen LogP contribution is -2.48. The lowest BCUT2D eigenvalue weighted by molar-refractivity contribution is 0.247. The molecule has 0 radical (unpaired) electrons. The lowest BCUT2D eigenvalue weighted by Gasteiger charge is -2.35. The summed E-state index contributed by atoms with van der Waals surface area (Å²) in [6.45, 7) is 2.30. The van der Waals surface area contributed by atoms with E-state index in [-0.39, 0.29) is 17.0 Å². The number of halogens is 1. The number of nitrogens with zero attached hydrogens (tertiary/aromatic N) is 1. The van der Waals surface area contributed by atoms with Gasteiger partial charge in [0.2, 0.25) is 10.0 Å². The maximum absolute atomic E-state index is 13.0. The zero-order chi connectivity index (χ0) is 16.5. The quantitative estimate of drug-likeness (QED) is 0.846. The summed E-state index contributed by atoms with van der Waals surface area (Å²) in [6, 6.07) is 3.01. The number of sulfonamides is 1. The highest BCUT2D eigenvalue weighted by atomic mass is 79.9. The number of rotatable bonds is 4. The first kappa shape index (κ1) is 17.5. The molecule has 0 bridgehead atoms. The van der Waals surface area contributed by atoms with E-state index < -0.39 is 10.0 Å². The fourth-order valence-electron chi connectivity index (χ4n) is 2.70. The molecule has 0 unspecified atom stereocenters. The molecular weight excluding hydrogens is 372 g/mol. The summed E-state index contributed by atoms with van der Waals surface area (Å²) >= 11 is 3.32. The third-order valence-corrected chi connectivity index (χ3v) is 6.85. The first-order valence-electron chi connectivity index (χ1n) is 7.00. The van der Waals surface area contributed by atoms with E-state index in [4.69, 9.17) is 15.2 Å². The lowest BCUT2D eigenvalue weighted by atomic mass is 10.0. The van der Waals surface area contributed by atoms with Gasteiger partial charge in [-0.25, -0.2) is 8.42 Å². The third-order valence-electron chi connectivity index (χ3n) is 3.88. The number of benzene rings is 1. The molecule has 1 heterocycles. The van der Waals surface area contributed by atoms with Crippen LogP contribution in [0, 0.1) is 0 Å². The van der Waals surface area contributed by atoms with E-state index in [1.165, 1.54) is 24.6 Å². The number of methoxy groups -OCH3 is 2. The van der Waals surface area contributed by atoms with Crippen molar-refractivity contribution in [1.29, 1.82) is 0 Å². The van der Waals surface area contributed by atoms with Gasteiger partial charge in [0.25, 0.3) is 0 Å². The Kier molecular flexibility index (Phi) is 5.37. The Morgan fingerprint density at radius 3 is 2.41 bits per heavy atom. The van der Waals surface area contributed by atoms with Crippen molar-refractivity contribution < 1.29 is 17.9 Å². The molecule has 1 saturated heterocycles. The first-order chi connectivity index (χ1) is 10.3. The van der Waals surface area contributed by atoms with Gasteiger partial charge in [-0.2, -0.15) is 4.31 Å². The molecule has 0 aromatic heterocycles. The molecule has 0 saturated carbocycles. The van der Waals surface area contributed by atoms with E-state index in [0.29, 0.717) is 35.4 Å². The van der Waals surface area contributed by atoms with Crippen LogP contribution in [0.1, 0.15) is 19.8 Å².